The molecule has 2 N–H and O–H groups in total. The average Bonchev–Trinajstić information content (AvgIpc) is 3.23. The van der Waals surface area contributed by atoms with Gasteiger partial charge in [0.15, 0.2) is 11.6 Å². The molecule has 2 aromatic rings. The van der Waals surface area contributed by atoms with Crippen LogP contribution in [0.5, 0.6) is 0 Å². The molecule has 1 fully saturated rings. The third-order valence-corrected chi connectivity index (χ3v) is 6.03. The number of nitrogens with one attached hydrogen (secondary N) is 2. The van der Waals surface area contributed by atoms with Gasteiger partial charge < -0.3 is 15.5 Å². The molecule has 30 heavy (non-hydrogen) atoms. The maximum absolute atomic E-state index is 13.4. The molecule has 160 valence electrons. The van der Waals surface area contributed by atoms with Gasteiger partial charge in [0, 0.05) is 57.6 Å². The lowest BCUT2D eigenvalue weighted by Crippen LogP contribution is -2.43. The Morgan fingerprint density at radius 3 is 2.70 bits per heavy atom. The molecule has 0 aliphatic carbocycles. The van der Waals surface area contributed by atoms with Gasteiger partial charge in [0.2, 0.25) is 0 Å². The van der Waals surface area contributed by atoms with Gasteiger partial charge in [-0.1, -0.05) is 24.3 Å². The first-order chi connectivity index (χ1) is 14.6. The number of carbonyl (C=O) groups excluding carboxylic acids is 1. The highest BCUT2D eigenvalue weighted by Crippen LogP contribution is 2.25. The number of urea groups is 1. The van der Waals surface area contributed by atoms with Crippen LogP contribution >= 0.6 is 0 Å². The average molecular weight is 415 g/mol. The van der Waals surface area contributed by atoms with Crippen LogP contribution in [-0.2, 0) is 13.0 Å². The molecule has 0 unspecified atom stereocenters. The van der Waals surface area contributed by atoms with E-state index < -0.39 is 11.6 Å². The fourth-order valence-corrected chi connectivity index (χ4v) is 4.29. The van der Waals surface area contributed by atoms with E-state index in [1.54, 1.807) is 6.07 Å². The number of halogens is 2. The number of benzene rings is 2. The normalized spacial score (nSPS) is 18.9. The lowest BCUT2D eigenvalue weighted by Gasteiger charge is -2.28. The molecular weight excluding hydrogens is 386 g/mol. The highest BCUT2D eigenvalue weighted by atomic mass is 19.2. The summed E-state index contributed by atoms with van der Waals surface area (Å²) in [5, 5.41) is 5.88. The minimum Gasteiger partial charge on any atom is -0.371 e. The Bertz CT molecular complexity index is 891. The molecule has 4 rings (SSSR count). The van der Waals surface area contributed by atoms with Crippen molar-refractivity contribution >= 4 is 11.7 Å². The summed E-state index contributed by atoms with van der Waals surface area (Å²) >= 11 is 0. The van der Waals surface area contributed by atoms with Crippen LogP contribution in [0.2, 0.25) is 0 Å². The standard InChI is InChI=1S/C23H28F2N4O/c24-21-6-5-20(13-22(21)25)29-11-7-17(15-29)14-27-23(30)26-9-12-28-10-8-18-3-1-2-4-19(18)16-28/h1-6,13,17H,7-12,14-16H2,(H2,26,27,30)/t17-/m0/s1. The summed E-state index contributed by atoms with van der Waals surface area (Å²) in [5.41, 5.74) is 3.48. The Morgan fingerprint density at radius 2 is 1.87 bits per heavy atom. The number of hydrogen-bond donors (Lipinski definition) is 2. The molecule has 5 nitrogen and oxygen atoms in total. The van der Waals surface area contributed by atoms with Gasteiger partial charge in [-0.05, 0) is 42.0 Å². The number of nitrogens with zero attached hydrogens (tertiary/aromatic N) is 2. The van der Waals surface area contributed by atoms with Gasteiger partial charge in [-0.2, -0.15) is 0 Å². The summed E-state index contributed by atoms with van der Waals surface area (Å²) in [7, 11) is 0. The summed E-state index contributed by atoms with van der Waals surface area (Å²) in [5.74, 6) is -1.37. The van der Waals surface area contributed by atoms with E-state index in [-0.39, 0.29) is 6.03 Å². The highest BCUT2D eigenvalue weighted by Gasteiger charge is 2.24. The minimum absolute atomic E-state index is 0.154. The second-order valence-electron chi connectivity index (χ2n) is 8.13. The van der Waals surface area contributed by atoms with Gasteiger partial charge >= 0.3 is 6.03 Å². The van der Waals surface area contributed by atoms with Crippen LogP contribution in [-0.4, -0.2) is 50.2 Å². The molecule has 1 saturated heterocycles. The van der Waals surface area contributed by atoms with Crippen molar-refractivity contribution in [2.75, 3.05) is 44.2 Å². The third-order valence-electron chi connectivity index (χ3n) is 6.03. The van der Waals surface area contributed by atoms with Crippen molar-refractivity contribution in [1.29, 1.82) is 0 Å². The molecule has 2 aliphatic rings. The predicted molar refractivity (Wildman–Crippen MR) is 114 cm³/mol. The van der Waals surface area contributed by atoms with Crippen molar-refractivity contribution in [3.8, 4) is 0 Å². The molecule has 0 aromatic heterocycles. The number of hydrogen-bond acceptors (Lipinski definition) is 3. The van der Waals surface area contributed by atoms with Crippen molar-refractivity contribution in [3.05, 3.63) is 65.2 Å². The van der Waals surface area contributed by atoms with Crippen molar-refractivity contribution in [3.63, 3.8) is 0 Å². The van der Waals surface area contributed by atoms with Gasteiger partial charge in [0.05, 0.1) is 0 Å². The van der Waals surface area contributed by atoms with E-state index in [0.717, 1.165) is 51.6 Å². The molecule has 2 aromatic carbocycles. The van der Waals surface area contributed by atoms with E-state index >= 15 is 0 Å². The summed E-state index contributed by atoms with van der Waals surface area (Å²) in [6.07, 6.45) is 1.96. The zero-order valence-corrected chi connectivity index (χ0v) is 17.0. The predicted octanol–water partition coefficient (Wildman–Crippen LogP) is 3.15. The number of anilines is 1. The summed E-state index contributed by atoms with van der Waals surface area (Å²) < 4.78 is 26.5. The van der Waals surface area contributed by atoms with Gasteiger partial charge in [0.25, 0.3) is 0 Å². The number of rotatable bonds is 6. The quantitative estimate of drug-likeness (QED) is 0.764. The van der Waals surface area contributed by atoms with Crippen molar-refractivity contribution in [2.45, 2.75) is 19.4 Å². The van der Waals surface area contributed by atoms with Crippen molar-refractivity contribution < 1.29 is 13.6 Å². The van der Waals surface area contributed by atoms with Crippen molar-refractivity contribution in [1.82, 2.24) is 15.5 Å². The van der Waals surface area contributed by atoms with E-state index in [2.05, 4.69) is 39.8 Å². The molecule has 0 saturated carbocycles. The maximum Gasteiger partial charge on any atom is 0.314 e. The summed E-state index contributed by atoms with van der Waals surface area (Å²) in [6, 6.07) is 12.4. The zero-order valence-electron chi connectivity index (χ0n) is 17.0. The fourth-order valence-electron chi connectivity index (χ4n) is 4.29. The lowest BCUT2D eigenvalue weighted by molar-refractivity contribution is 0.229. The topological polar surface area (TPSA) is 47.6 Å². The molecule has 7 heteroatoms. The summed E-state index contributed by atoms with van der Waals surface area (Å²) in [6.45, 7) is 5.45. The highest BCUT2D eigenvalue weighted by molar-refractivity contribution is 5.73. The first-order valence-electron chi connectivity index (χ1n) is 10.6. The largest absolute Gasteiger partial charge is 0.371 e. The van der Waals surface area contributed by atoms with Crippen LogP contribution in [0.1, 0.15) is 17.5 Å². The number of amides is 2. The molecule has 0 bridgehead atoms. The molecule has 2 aliphatic heterocycles. The molecule has 1 atom stereocenters. The molecule has 2 heterocycles. The van der Waals surface area contributed by atoms with E-state index in [0.29, 0.717) is 24.7 Å². The second kappa shape index (κ2) is 9.43. The Hall–Kier alpha value is -2.67. The first kappa shape index (κ1) is 20.6. The Balaban J connectivity index is 1.14. The van der Waals surface area contributed by atoms with E-state index in [9.17, 15) is 13.6 Å². The monoisotopic (exact) mass is 414 g/mol. The Morgan fingerprint density at radius 1 is 1.03 bits per heavy atom. The van der Waals surface area contributed by atoms with Crippen molar-refractivity contribution in [2.24, 2.45) is 5.92 Å². The van der Waals surface area contributed by atoms with Gasteiger partial charge in [-0.3, -0.25) is 4.90 Å². The SMILES string of the molecule is O=C(NCCN1CCc2ccccc2C1)NC[C@@H]1CCN(c2ccc(F)c(F)c2)C1. The Labute approximate surface area is 176 Å². The van der Waals surface area contributed by atoms with Gasteiger partial charge in [-0.15, -0.1) is 0 Å². The smallest absolute Gasteiger partial charge is 0.314 e. The van der Waals surface area contributed by atoms with Crippen LogP contribution < -0.4 is 15.5 Å². The van der Waals surface area contributed by atoms with Gasteiger partial charge in [0.1, 0.15) is 0 Å². The van der Waals surface area contributed by atoms with Gasteiger partial charge in [-0.25, -0.2) is 13.6 Å². The lowest BCUT2D eigenvalue weighted by atomic mass is 10.00. The first-order valence-corrected chi connectivity index (χ1v) is 10.6. The molecule has 0 radical (unpaired) electrons. The van der Waals surface area contributed by atoms with Crippen LogP contribution in [0.4, 0.5) is 19.3 Å². The minimum atomic E-state index is -0.832. The van der Waals surface area contributed by atoms with E-state index in [4.69, 9.17) is 0 Å². The molecule has 0 spiro atoms. The summed E-state index contributed by atoms with van der Waals surface area (Å²) in [4.78, 5) is 16.5. The zero-order chi connectivity index (χ0) is 20.9. The van der Waals surface area contributed by atoms with Crippen LogP contribution in [0, 0.1) is 17.6 Å². The van der Waals surface area contributed by atoms with Crippen LogP contribution in [0.3, 0.4) is 0 Å². The van der Waals surface area contributed by atoms with E-state index in [1.807, 2.05) is 4.90 Å². The number of fused-ring (bicyclic) bond motifs is 1. The molecule has 2 amide bonds. The Kier molecular flexibility index (Phi) is 6.47. The molecular formula is C23H28F2N4O. The van der Waals surface area contributed by atoms with Crippen LogP contribution in [0.15, 0.2) is 42.5 Å². The van der Waals surface area contributed by atoms with Crippen LogP contribution in [0.25, 0.3) is 0 Å². The second-order valence-corrected chi connectivity index (χ2v) is 8.13. The third kappa shape index (κ3) is 5.08. The number of carbonyl (C=O) groups is 1. The fraction of sp³-hybridized carbons (Fsp3) is 0.435. The van der Waals surface area contributed by atoms with E-state index in [1.165, 1.54) is 17.2 Å². The maximum atomic E-state index is 13.4.